The number of carbonyl (C=O) groups excluding carboxylic acids is 2. The third-order valence-corrected chi connectivity index (χ3v) is 4.50. The summed E-state index contributed by atoms with van der Waals surface area (Å²) in [4.78, 5) is 26.8. The number of aryl methyl sites for hydroxylation is 1. The van der Waals surface area contributed by atoms with Crippen molar-refractivity contribution in [1.82, 2.24) is 0 Å². The molecule has 1 aromatic heterocycles. The fourth-order valence-electron chi connectivity index (χ4n) is 2.08. The van der Waals surface area contributed by atoms with E-state index in [1.54, 1.807) is 4.90 Å². The van der Waals surface area contributed by atoms with E-state index in [1.807, 2.05) is 13.0 Å². The minimum atomic E-state index is -0.384. The number of methoxy groups -OCH3 is 1. The molecule has 0 spiro atoms. The van der Waals surface area contributed by atoms with Gasteiger partial charge in [-0.05, 0) is 24.7 Å². The standard InChI is InChI=1S/C12H15NO3S2/c1-7-3-9(11(18-7)12(15)16-2)13-5-8(6-17)4-10(13)14/h3,8,17H,4-6H2,1-2H3. The zero-order valence-corrected chi connectivity index (χ0v) is 12.0. The number of amides is 1. The zero-order chi connectivity index (χ0) is 13.3. The lowest BCUT2D eigenvalue weighted by Crippen LogP contribution is -2.25. The SMILES string of the molecule is COC(=O)c1sc(C)cc1N1CC(CS)CC1=O. The summed E-state index contributed by atoms with van der Waals surface area (Å²) in [6.45, 7) is 2.54. The fourth-order valence-corrected chi connectivity index (χ4v) is 3.25. The number of thiol groups is 1. The molecule has 0 bridgehead atoms. The molecule has 0 aliphatic carbocycles. The average Bonchev–Trinajstić information content (AvgIpc) is 2.91. The number of rotatable bonds is 3. The van der Waals surface area contributed by atoms with E-state index in [2.05, 4.69) is 12.6 Å². The summed E-state index contributed by atoms with van der Waals surface area (Å²) in [5.74, 6) is 0.604. The van der Waals surface area contributed by atoms with Crippen LogP contribution in [0.5, 0.6) is 0 Å². The Balaban J connectivity index is 2.33. The third kappa shape index (κ3) is 2.40. The molecular weight excluding hydrogens is 270 g/mol. The van der Waals surface area contributed by atoms with Gasteiger partial charge in [0.1, 0.15) is 4.88 Å². The molecule has 0 aromatic carbocycles. The Morgan fingerprint density at radius 2 is 2.39 bits per heavy atom. The lowest BCUT2D eigenvalue weighted by Gasteiger charge is -2.16. The van der Waals surface area contributed by atoms with Crippen LogP contribution < -0.4 is 4.90 Å². The minimum Gasteiger partial charge on any atom is -0.465 e. The molecule has 6 heteroatoms. The Kier molecular flexibility index (Phi) is 3.97. The second kappa shape index (κ2) is 5.32. The van der Waals surface area contributed by atoms with Gasteiger partial charge in [-0.1, -0.05) is 0 Å². The zero-order valence-electron chi connectivity index (χ0n) is 10.3. The molecule has 2 rings (SSSR count). The molecule has 1 fully saturated rings. The monoisotopic (exact) mass is 285 g/mol. The normalized spacial score (nSPS) is 19.4. The summed E-state index contributed by atoms with van der Waals surface area (Å²) in [6.07, 6.45) is 0.499. The van der Waals surface area contributed by atoms with E-state index in [-0.39, 0.29) is 17.8 Å². The summed E-state index contributed by atoms with van der Waals surface area (Å²) in [7, 11) is 1.35. The van der Waals surface area contributed by atoms with E-state index in [4.69, 9.17) is 4.74 Å². The number of nitrogens with zero attached hydrogens (tertiary/aromatic N) is 1. The minimum absolute atomic E-state index is 0.0528. The van der Waals surface area contributed by atoms with Crippen molar-refractivity contribution in [3.8, 4) is 0 Å². The van der Waals surface area contributed by atoms with Gasteiger partial charge in [-0.2, -0.15) is 12.6 Å². The molecule has 4 nitrogen and oxygen atoms in total. The molecule has 18 heavy (non-hydrogen) atoms. The fraction of sp³-hybridized carbons (Fsp3) is 0.500. The summed E-state index contributed by atoms with van der Waals surface area (Å²) in [6, 6.07) is 1.87. The first-order chi connectivity index (χ1) is 8.56. The van der Waals surface area contributed by atoms with Gasteiger partial charge in [-0.15, -0.1) is 11.3 Å². The van der Waals surface area contributed by atoms with Crippen molar-refractivity contribution in [2.75, 3.05) is 24.3 Å². The second-order valence-corrected chi connectivity index (χ2v) is 5.94. The number of esters is 1. The Morgan fingerprint density at radius 1 is 1.67 bits per heavy atom. The summed E-state index contributed by atoms with van der Waals surface area (Å²) in [5.41, 5.74) is 0.679. The summed E-state index contributed by atoms with van der Waals surface area (Å²) in [5, 5.41) is 0. The molecular formula is C12H15NO3S2. The van der Waals surface area contributed by atoms with Crippen molar-refractivity contribution in [1.29, 1.82) is 0 Å². The topological polar surface area (TPSA) is 46.6 Å². The van der Waals surface area contributed by atoms with Crippen LogP contribution in [-0.4, -0.2) is 31.3 Å². The first kappa shape index (κ1) is 13.4. The van der Waals surface area contributed by atoms with E-state index in [9.17, 15) is 9.59 Å². The Labute approximate surface area is 115 Å². The van der Waals surface area contributed by atoms with Gasteiger partial charge in [0.2, 0.25) is 5.91 Å². The van der Waals surface area contributed by atoms with E-state index >= 15 is 0 Å². The molecule has 0 radical (unpaired) electrons. The van der Waals surface area contributed by atoms with Gasteiger partial charge in [0.25, 0.3) is 0 Å². The van der Waals surface area contributed by atoms with Crippen molar-refractivity contribution in [3.05, 3.63) is 15.8 Å². The van der Waals surface area contributed by atoms with Gasteiger partial charge >= 0.3 is 5.97 Å². The van der Waals surface area contributed by atoms with Crippen LogP contribution in [0.25, 0.3) is 0 Å². The Hall–Kier alpha value is -1.01. The molecule has 1 atom stereocenters. The second-order valence-electron chi connectivity index (χ2n) is 4.32. The number of thiophene rings is 1. The van der Waals surface area contributed by atoms with Crippen LogP contribution in [0.3, 0.4) is 0 Å². The molecule has 0 saturated carbocycles. The molecule has 1 aromatic rings. The van der Waals surface area contributed by atoms with Gasteiger partial charge in [-0.25, -0.2) is 4.79 Å². The molecule has 2 heterocycles. The molecule has 1 aliphatic heterocycles. The van der Waals surface area contributed by atoms with E-state index in [0.29, 0.717) is 29.3 Å². The number of ether oxygens (including phenoxy) is 1. The van der Waals surface area contributed by atoms with E-state index < -0.39 is 0 Å². The summed E-state index contributed by atoms with van der Waals surface area (Å²) >= 11 is 5.59. The highest BCUT2D eigenvalue weighted by Gasteiger charge is 2.33. The van der Waals surface area contributed by atoms with Crippen LogP contribution in [-0.2, 0) is 9.53 Å². The van der Waals surface area contributed by atoms with Crippen LogP contribution in [0.4, 0.5) is 5.69 Å². The molecule has 1 saturated heterocycles. The summed E-state index contributed by atoms with van der Waals surface area (Å²) < 4.78 is 4.76. The molecule has 1 unspecified atom stereocenters. The maximum absolute atomic E-state index is 12.0. The van der Waals surface area contributed by atoms with Crippen LogP contribution in [0.15, 0.2) is 6.07 Å². The number of anilines is 1. The largest absolute Gasteiger partial charge is 0.465 e. The Bertz CT molecular complexity index is 484. The predicted octanol–water partition coefficient (Wildman–Crippen LogP) is 2.13. The maximum Gasteiger partial charge on any atom is 0.350 e. The van der Waals surface area contributed by atoms with Crippen molar-refractivity contribution in [2.45, 2.75) is 13.3 Å². The average molecular weight is 285 g/mol. The lowest BCUT2D eigenvalue weighted by molar-refractivity contribution is -0.117. The molecule has 98 valence electrons. The Morgan fingerprint density at radius 3 is 2.94 bits per heavy atom. The first-order valence-corrected chi connectivity index (χ1v) is 7.11. The number of carbonyl (C=O) groups is 2. The van der Waals surface area contributed by atoms with Gasteiger partial charge in [0.15, 0.2) is 0 Å². The highest BCUT2D eigenvalue weighted by atomic mass is 32.1. The van der Waals surface area contributed by atoms with E-state index in [0.717, 1.165) is 4.88 Å². The highest BCUT2D eigenvalue weighted by Crippen LogP contribution is 2.34. The first-order valence-electron chi connectivity index (χ1n) is 5.66. The predicted molar refractivity (Wildman–Crippen MR) is 74.7 cm³/mol. The lowest BCUT2D eigenvalue weighted by atomic mass is 10.1. The van der Waals surface area contributed by atoms with Crippen LogP contribution in [0, 0.1) is 12.8 Å². The quantitative estimate of drug-likeness (QED) is 0.683. The van der Waals surface area contributed by atoms with Crippen molar-refractivity contribution in [2.24, 2.45) is 5.92 Å². The van der Waals surface area contributed by atoms with E-state index in [1.165, 1.54) is 18.4 Å². The van der Waals surface area contributed by atoms with Crippen LogP contribution in [0.2, 0.25) is 0 Å². The molecule has 0 N–H and O–H groups in total. The highest BCUT2D eigenvalue weighted by molar-refractivity contribution is 7.80. The van der Waals surface area contributed by atoms with Gasteiger partial charge in [0, 0.05) is 17.8 Å². The van der Waals surface area contributed by atoms with Gasteiger partial charge < -0.3 is 9.64 Å². The van der Waals surface area contributed by atoms with Crippen molar-refractivity contribution >= 4 is 41.5 Å². The number of hydrogen-bond donors (Lipinski definition) is 1. The van der Waals surface area contributed by atoms with Crippen LogP contribution >= 0.6 is 24.0 Å². The maximum atomic E-state index is 12.0. The molecule has 1 aliphatic rings. The smallest absolute Gasteiger partial charge is 0.350 e. The third-order valence-electron chi connectivity index (χ3n) is 2.96. The van der Waals surface area contributed by atoms with Gasteiger partial charge in [-0.3, -0.25) is 4.79 Å². The van der Waals surface area contributed by atoms with Crippen LogP contribution in [0.1, 0.15) is 21.0 Å². The number of hydrogen-bond acceptors (Lipinski definition) is 5. The van der Waals surface area contributed by atoms with Gasteiger partial charge in [0.05, 0.1) is 12.8 Å². The molecule has 1 amide bonds. The van der Waals surface area contributed by atoms with Crippen molar-refractivity contribution < 1.29 is 14.3 Å². The van der Waals surface area contributed by atoms with Crippen molar-refractivity contribution in [3.63, 3.8) is 0 Å².